The summed E-state index contributed by atoms with van der Waals surface area (Å²) in [5.74, 6) is 0. The lowest BCUT2D eigenvalue weighted by Crippen LogP contribution is -2.22. The Hall–Kier alpha value is -0.710. The summed E-state index contributed by atoms with van der Waals surface area (Å²) in [5.41, 5.74) is 0.987. The van der Waals surface area contributed by atoms with Gasteiger partial charge in [-0.25, -0.2) is 0 Å². The minimum atomic E-state index is -0.698. The van der Waals surface area contributed by atoms with Gasteiger partial charge in [0.1, 0.15) is 0 Å². The molecule has 1 aromatic carbocycles. The van der Waals surface area contributed by atoms with E-state index in [9.17, 15) is 5.11 Å². The van der Waals surface area contributed by atoms with E-state index < -0.39 is 6.10 Å². The molecule has 3 nitrogen and oxygen atoms in total. The molecule has 0 aliphatic heterocycles. The fourth-order valence-corrected chi connectivity index (χ4v) is 3.57. The van der Waals surface area contributed by atoms with Crippen LogP contribution in [-0.4, -0.2) is 34.7 Å². The molecule has 0 spiro atoms. The zero-order chi connectivity index (χ0) is 13.5. The Morgan fingerprint density at radius 3 is 2.47 bits per heavy atom. The van der Waals surface area contributed by atoms with Crippen LogP contribution in [0.5, 0.6) is 0 Å². The molecule has 0 amide bonds. The summed E-state index contributed by atoms with van der Waals surface area (Å²) < 4.78 is 0. The first-order valence-electron chi connectivity index (χ1n) is 7.07. The Morgan fingerprint density at radius 1 is 1.16 bits per heavy atom. The van der Waals surface area contributed by atoms with Crippen molar-refractivity contribution >= 4 is 17.4 Å². The summed E-state index contributed by atoms with van der Waals surface area (Å²) in [5, 5.41) is 21.9. The third kappa shape index (κ3) is 5.05. The summed E-state index contributed by atoms with van der Waals surface area (Å²) in [6, 6.07) is 8.34. The molecule has 1 atom stereocenters. The normalized spacial score (nSPS) is 18.2. The van der Waals surface area contributed by atoms with Crippen LogP contribution in [0.2, 0.25) is 0 Å². The van der Waals surface area contributed by atoms with E-state index in [4.69, 9.17) is 5.11 Å². The molecule has 1 saturated carbocycles. The Labute approximate surface area is 119 Å². The topological polar surface area (TPSA) is 52.5 Å². The van der Waals surface area contributed by atoms with Crippen LogP contribution in [0.25, 0.3) is 0 Å². The van der Waals surface area contributed by atoms with E-state index in [1.54, 1.807) is 0 Å². The van der Waals surface area contributed by atoms with Crippen molar-refractivity contribution in [3.8, 4) is 0 Å². The number of nitrogens with one attached hydrogen (secondary N) is 1. The van der Waals surface area contributed by atoms with Gasteiger partial charge in [-0.2, -0.15) is 0 Å². The van der Waals surface area contributed by atoms with Gasteiger partial charge in [-0.15, -0.1) is 11.8 Å². The van der Waals surface area contributed by atoms with Crippen LogP contribution < -0.4 is 5.32 Å². The molecule has 19 heavy (non-hydrogen) atoms. The first-order chi connectivity index (χ1) is 9.28. The minimum absolute atomic E-state index is 0.206. The average Bonchev–Trinajstić information content (AvgIpc) is 2.47. The molecule has 106 valence electrons. The summed E-state index contributed by atoms with van der Waals surface area (Å²) in [6.45, 7) is 0.175. The molecule has 1 fully saturated rings. The van der Waals surface area contributed by atoms with E-state index in [1.165, 1.54) is 37.0 Å². The molecule has 0 bridgehead atoms. The Morgan fingerprint density at radius 2 is 1.84 bits per heavy atom. The van der Waals surface area contributed by atoms with Crippen LogP contribution in [0.3, 0.4) is 0 Å². The largest absolute Gasteiger partial charge is 0.394 e. The maximum atomic E-state index is 9.27. The van der Waals surface area contributed by atoms with Gasteiger partial charge < -0.3 is 15.5 Å². The van der Waals surface area contributed by atoms with E-state index in [1.807, 2.05) is 23.9 Å². The van der Waals surface area contributed by atoms with Crippen molar-refractivity contribution in [2.75, 3.05) is 18.5 Å². The maximum Gasteiger partial charge on any atom is 0.0942 e. The van der Waals surface area contributed by atoms with Crippen LogP contribution in [0, 0.1) is 0 Å². The Balaban J connectivity index is 1.80. The van der Waals surface area contributed by atoms with Crippen molar-refractivity contribution in [2.24, 2.45) is 0 Å². The smallest absolute Gasteiger partial charge is 0.0942 e. The standard InChI is InChI=1S/C15H23NO2S/c17-11-13(18)10-16-12-6-8-15(9-7-12)19-14-4-2-1-3-5-14/h6-9,13-14,16-18H,1-5,10-11H2. The molecule has 1 aliphatic rings. The first-order valence-corrected chi connectivity index (χ1v) is 7.95. The van der Waals surface area contributed by atoms with E-state index >= 15 is 0 Å². The van der Waals surface area contributed by atoms with Crippen LogP contribution in [0.15, 0.2) is 29.2 Å². The van der Waals surface area contributed by atoms with Crippen molar-refractivity contribution in [3.05, 3.63) is 24.3 Å². The third-order valence-corrected chi connectivity index (χ3v) is 4.81. The van der Waals surface area contributed by atoms with Crippen LogP contribution in [0.4, 0.5) is 5.69 Å². The van der Waals surface area contributed by atoms with Gasteiger partial charge in [-0.3, -0.25) is 0 Å². The number of hydrogen-bond donors (Lipinski definition) is 3. The molecule has 1 unspecified atom stereocenters. The van der Waals surface area contributed by atoms with Gasteiger partial charge in [-0.05, 0) is 37.1 Å². The van der Waals surface area contributed by atoms with Crippen LogP contribution in [0.1, 0.15) is 32.1 Å². The fraction of sp³-hybridized carbons (Fsp3) is 0.600. The Kier molecular flexibility index (Phi) is 6.01. The number of thioether (sulfide) groups is 1. The SMILES string of the molecule is OCC(O)CNc1ccc(SC2CCCCC2)cc1. The zero-order valence-electron chi connectivity index (χ0n) is 11.2. The van der Waals surface area contributed by atoms with Gasteiger partial charge in [0.2, 0.25) is 0 Å². The third-order valence-electron chi connectivity index (χ3n) is 3.46. The summed E-state index contributed by atoms with van der Waals surface area (Å²) in [4.78, 5) is 1.32. The highest BCUT2D eigenvalue weighted by Gasteiger charge is 2.14. The van der Waals surface area contributed by atoms with Gasteiger partial charge in [0.05, 0.1) is 12.7 Å². The van der Waals surface area contributed by atoms with Gasteiger partial charge in [0.25, 0.3) is 0 Å². The van der Waals surface area contributed by atoms with Crippen LogP contribution in [-0.2, 0) is 0 Å². The average molecular weight is 281 g/mol. The molecule has 2 rings (SSSR count). The highest BCUT2D eigenvalue weighted by molar-refractivity contribution is 8.00. The highest BCUT2D eigenvalue weighted by Crippen LogP contribution is 2.33. The van der Waals surface area contributed by atoms with Gasteiger partial charge in [-0.1, -0.05) is 19.3 Å². The number of hydrogen-bond acceptors (Lipinski definition) is 4. The molecule has 3 N–H and O–H groups in total. The van der Waals surface area contributed by atoms with Crippen LogP contribution >= 0.6 is 11.8 Å². The second kappa shape index (κ2) is 7.78. The number of aliphatic hydroxyl groups excluding tert-OH is 2. The first kappa shape index (κ1) is 14.7. The number of rotatable bonds is 6. The number of benzene rings is 1. The molecule has 0 saturated heterocycles. The van der Waals surface area contributed by atoms with E-state index in [0.717, 1.165) is 10.9 Å². The molecule has 0 radical (unpaired) electrons. The second-order valence-electron chi connectivity index (χ2n) is 5.12. The molecule has 1 aromatic rings. The predicted octanol–water partition coefficient (Wildman–Crippen LogP) is 2.88. The van der Waals surface area contributed by atoms with Crippen molar-refractivity contribution < 1.29 is 10.2 Å². The summed E-state index contributed by atoms with van der Waals surface area (Å²) in [7, 11) is 0. The lowest BCUT2D eigenvalue weighted by atomic mass is 10.0. The molecule has 1 aliphatic carbocycles. The lowest BCUT2D eigenvalue weighted by Gasteiger charge is -2.21. The zero-order valence-corrected chi connectivity index (χ0v) is 12.0. The van der Waals surface area contributed by atoms with E-state index in [0.29, 0.717) is 6.54 Å². The number of anilines is 1. The lowest BCUT2D eigenvalue weighted by molar-refractivity contribution is 0.105. The monoisotopic (exact) mass is 281 g/mol. The van der Waals surface area contributed by atoms with Gasteiger partial charge in [0.15, 0.2) is 0 Å². The fourth-order valence-electron chi connectivity index (χ4n) is 2.33. The van der Waals surface area contributed by atoms with E-state index in [2.05, 4.69) is 17.4 Å². The molecule has 0 heterocycles. The minimum Gasteiger partial charge on any atom is -0.394 e. The van der Waals surface area contributed by atoms with Crippen molar-refractivity contribution in [1.82, 2.24) is 0 Å². The maximum absolute atomic E-state index is 9.27. The van der Waals surface area contributed by atoms with Crippen molar-refractivity contribution in [3.63, 3.8) is 0 Å². The molecular formula is C15H23NO2S. The van der Waals surface area contributed by atoms with E-state index in [-0.39, 0.29) is 6.61 Å². The molecular weight excluding hydrogens is 258 g/mol. The summed E-state index contributed by atoms with van der Waals surface area (Å²) >= 11 is 1.98. The quantitative estimate of drug-likeness (QED) is 0.750. The molecule has 0 aromatic heterocycles. The van der Waals surface area contributed by atoms with Gasteiger partial charge >= 0.3 is 0 Å². The second-order valence-corrected chi connectivity index (χ2v) is 6.49. The Bertz CT molecular complexity index is 363. The van der Waals surface area contributed by atoms with Gasteiger partial charge in [0, 0.05) is 22.4 Å². The highest BCUT2D eigenvalue weighted by atomic mass is 32.2. The molecule has 4 heteroatoms. The summed E-state index contributed by atoms with van der Waals surface area (Å²) in [6.07, 6.45) is 6.12. The van der Waals surface area contributed by atoms with Crippen molar-refractivity contribution in [2.45, 2.75) is 48.4 Å². The van der Waals surface area contributed by atoms with Crippen molar-refractivity contribution in [1.29, 1.82) is 0 Å². The number of aliphatic hydroxyl groups is 2. The predicted molar refractivity (Wildman–Crippen MR) is 80.8 cm³/mol.